The minimum Gasteiger partial charge on any atom is -0.391 e. The first kappa shape index (κ1) is 17.8. The zero-order valence-electron chi connectivity index (χ0n) is 14.4. The lowest BCUT2D eigenvalue weighted by molar-refractivity contribution is -0.132. The number of likely N-dealkylation sites (tertiary alicyclic amines) is 1. The molecule has 2 aromatic rings. The van der Waals surface area contributed by atoms with Gasteiger partial charge in [0.1, 0.15) is 5.65 Å². The Morgan fingerprint density at radius 1 is 1.36 bits per heavy atom. The van der Waals surface area contributed by atoms with E-state index in [4.69, 9.17) is 11.5 Å². The van der Waals surface area contributed by atoms with Gasteiger partial charge in [-0.25, -0.2) is 4.98 Å². The summed E-state index contributed by atoms with van der Waals surface area (Å²) in [4.78, 5) is 18.4. The molecule has 1 fully saturated rings. The number of fused-ring (bicyclic) bond motifs is 1. The lowest BCUT2D eigenvalue weighted by Crippen LogP contribution is -2.43. The number of nitrogens with zero attached hydrogens (tertiary/aromatic N) is 3. The molecule has 0 bridgehead atoms. The molecule has 0 unspecified atom stereocenters. The number of hydrogen-bond acceptors (Lipinski definition) is 5. The number of β-amino-alcohol motifs (C(OH)–C–C–N with tert-alkyl or cyclic N) is 1. The van der Waals surface area contributed by atoms with Gasteiger partial charge in [-0.3, -0.25) is 4.79 Å². The summed E-state index contributed by atoms with van der Waals surface area (Å²) in [5.74, 6) is -0.0372. The first-order valence-corrected chi connectivity index (χ1v) is 8.92. The Labute approximate surface area is 147 Å². The van der Waals surface area contributed by atoms with Crippen LogP contribution in [0.5, 0.6) is 0 Å². The molecule has 1 saturated heterocycles. The third-order valence-corrected chi connectivity index (χ3v) is 4.95. The Kier molecular flexibility index (Phi) is 5.67. The van der Waals surface area contributed by atoms with E-state index in [2.05, 4.69) is 4.98 Å². The molecule has 3 atom stereocenters. The Hall–Kier alpha value is -1.96. The van der Waals surface area contributed by atoms with Gasteiger partial charge in [-0.15, -0.1) is 0 Å². The molecule has 0 radical (unpaired) electrons. The molecule has 5 N–H and O–H groups in total. The van der Waals surface area contributed by atoms with Crippen LogP contribution < -0.4 is 11.5 Å². The van der Waals surface area contributed by atoms with E-state index in [1.54, 1.807) is 11.1 Å². The van der Waals surface area contributed by atoms with Crippen LogP contribution in [0, 0.1) is 5.92 Å². The van der Waals surface area contributed by atoms with Crippen molar-refractivity contribution in [2.75, 3.05) is 19.6 Å². The van der Waals surface area contributed by atoms with E-state index in [0.29, 0.717) is 26.1 Å². The number of rotatable bonds is 7. The average molecular weight is 345 g/mol. The van der Waals surface area contributed by atoms with E-state index < -0.39 is 12.1 Å². The van der Waals surface area contributed by atoms with Crippen molar-refractivity contribution >= 4 is 11.6 Å². The average Bonchev–Trinajstić information content (AvgIpc) is 3.21. The van der Waals surface area contributed by atoms with E-state index in [1.165, 1.54) is 0 Å². The van der Waals surface area contributed by atoms with Crippen LogP contribution in [0.25, 0.3) is 5.65 Å². The number of unbranched alkanes of at least 4 members (excludes halogenated alkanes) is 1. The van der Waals surface area contributed by atoms with Crippen molar-refractivity contribution in [2.24, 2.45) is 17.4 Å². The predicted octanol–water partition coefficient (Wildman–Crippen LogP) is 0.152. The number of hydrogen-bond donors (Lipinski definition) is 3. The molecule has 1 aliphatic heterocycles. The van der Waals surface area contributed by atoms with Crippen LogP contribution in [0.1, 0.15) is 24.8 Å². The molecule has 0 saturated carbocycles. The maximum Gasteiger partial charge on any atom is 0.239 e. The zero-order valence-corrected chi connectivity index (χ0v) is 14.4. The summed E-state index contributed by atoms with van der Waals surface area (Å²) in [5, 5.41) is 10.4. The molecule has 1 amide bonds. The van der Waals surface area contributed by atoms with Crippen LogP contribution in [-0.2, 0) is 11.2 Å². The van der Waals surface area contributed by atoms with Crippen LogP contribution in [0.15, 0.2) is 30.7 Å². The predicted molar refractivity (Wildman–Crippen MR) is 95.9 cm³/mol. The molecule has 3 rings (SSSR count). The maximum atomic E-state index is 12.5. The fourth-order valence-electron chi connectivity index (χ4n) is 3.49. The fraction of sp³-hybridized carbons (Fsp3) is 0.556. The molecule has 136 valence electrons. The number of aliphatic hydroxyl groups is 1. The van der Waals surface area contributed by atoms with E-state index in [0.717, 1.165) is 30.5 Å². The summed E-state index contributed by atoms with van der Waals surface area (Å²) in [5.41, 5.74) is 13.5. The summed E-state index contributed by atoms with van der Waals surface area (Å²) >= 11 is 0. The number of carbonyl (C=O) groups excluding carboxylic acids is 1. The van der Waals surface area contributed by atoms with Gasteiger partial charge in [0.25, 0.3) is 0 Å². The lowest BCUT2D eigenvalue weighted by Gasteiger charge is -2.20. The van der Waals surface area contributed by atoms with E-state index in [9.17, 15) is 9.90 Å². The first-order chi connectivity index (χ1) is 12.1. The molecule has 1 aliphatic rings. The maximum absolute atomic E-state index is 12.5. The fourth-order valence-corrected chi connectivity index (χ4v) is 3.49. The smallest absolute Gasteiger partial charge is 0.239 e. The second kappa shape index (κ2) is 7.95. The number of imidazole rings is 1. The summed E-state index contributed by atoms with van der Waals surface area (Å²) in [6.07, 6.45) is 8.27. The van der Waals surface area contributed by atoms with Crippen molar-refractivity contribution in [1.82, 2.24) is 14.3 Å². The Morgan fingerprint density at radius 2 is 2.20 bits per heavy atom. The van der Waals surface area contributed by atoms with Crippen molar-refractivity contribution < 1.29 is 9.90 Å². The SMILES string of the molecule is NCCCC[C@H](N)C(=O)N1C[C@H](Cc2ccc3nccn3c2)[C@H](O)C1. The Bertz CT molecular complexity index is 716. The standard InChI is InChI=1S/C18H27N5O2/c19-6-2-1-3-15(20)18(25)23-11-14(16(24)12-23)9-13-4-5-17-21-7-8-22(17)10-13/h4-5,7-8,10,14-16,24H,1-3,6,9,11-12,19-20H2/t14-,15-,16+/m0/s1. The van der Waals surface area contributed by atoms with E-state index in [1.807, 2.05) is 28.9 Å². The number of aromatic nitrogens is 2. The molecule has 0 aliphatic carbocycles. The number of carbonyl (C=O) groups is 1. The van der Waals surface area contributed by atoms with Crippen molar-refractivity contribution in [3.05, 3.63) is 36.3 Å². The topological polar surface area (TPSA) is 110 Å². The van der Waals surface area contributed by atoms with Gasteiger partial charge in [0, 0.05) is 37.6 Å². The first-order valence-electron chi connectivity index (χ1n) is 8.92. The quantitative estimate of drug-likeness (QED) is 0.619. The molecular formula is C18H27N5O2. The third-order valence-electron chi connectivity index (χ3n) is 4.95. The highest BCUT2D eigenvalue weighted by Crippen LogP contribution is 2.23. The molecule has 0 spiro atoms. The van der Waals surface area contributed by atoms with Gasteiger partial charge >= 0.3 is 0 Å². The lowest BCUT2D eigenvalue weighted by atomic mass is 9.98. The Morgan fingerprint density at radius 3 is 3.00 bits per heavy atom. The second-order valence-electron chi connectivity index (χ2n) is 6.90. The summed E-state index contributed by atoms with van der Waals surface area (Å²) < 4.78 is 1.97. The molecule has 3 heterocycles. The normalized spacial score (nSPS) is 21.8. The van der Waals surface area contributed by atoms with Gasteiger partial charge in [0.2, 0.25) is 5.91 Å². The summed E-state index contributed by atoms with van der Waals surface area (Å²) in [7, 11) is 0. The minimum absolute atomic E-state index is 0.0289. The second-order valence-corrected chi connectivity index (χ2v) is 6.90. The minimum atomic E-state index is -0.515. The van der Waals surface area contributed by atoms with Crippen LogP contribution in [0.4, 0.5) is 0 Å². The van der Waals surface area contributed by atoms with Crippen LogP contribution in [0.2, 0.25) is 0 Å². The molecule has 25 heavy (non-hydrogen) atoms. The van der Waals surface area contributed by atoms with E-state index >= 15 is 0 Å². The van der Waals surface area contributed by atoms with Gasteiger partial charge in [-0.1, -0.05) is 12.5 Å². The zero-order chi connectivity index (χ0) is 17.8. The van der Waals surface area contributed by atoms with Crippen LogP contribution in [-0.4, -0.2) is 57.1 Å². The van der Waals surface area contributed by atoms with Crippen molar-refractivity contribution in [1.29, 1.82) is 0 Å². The van der Waals surface area contributed by atoms with Gasteiger partial charge in [0.05, 0.1) is 12.1 Å². The number of amides is 1. The number of aliphatic hydroxyl groups excluding tert-OH is 1. The van der Waals surface area contributed by atoms with Gasteiger partial charge in [-0.05, 0) is 37.4 Å². The number of pyridine rings is 1. The van der Waals surface area contributed by atoms with Crippen molar-refractivity contribution in [3.63, 3.8) is 0 Å². The van der Waals surface area contributed by atoms with E-state index in [-0.39, 0.29) is 11.8 Å². The Balaban J connectivity index is 1.58. The molecule has 2 aromatic heterocycles. The van der Waals surface area contributed by atoms with Crippen LogP contribution in [0.3, 0.4) is 0 Å². The van der Waals surface area contributed by atoms with Crippen molar-refractivity contribution in [2.45, 2.75) is 37.8 Å². The highest BCUT2D eigenvalue weighted by molar-refractivity contribution is 5.82. The molecule has 7 heteroatoms. The van der Waals surface area contributed by atoms with Gasteiger partial charge < -0.3 is 25.9 Å². The molecule has 0 aromatic carbocycles. The third kappa shape index (κ3) is 4.18. The highest BCUT2D eigenvalue weighted by atomic mass is 16.3. The number of nitrogens with two attached hydrogens (primary N) is 2. The van der Waals surface area contributed by atoms with Gasteiger partial charge in [0.15, 0.2) is 0 Å². The van der Waals surface area contributed by atoms with Crippen molar-refractivity contribution in [3.8, 4) is 0 Å². The van der Waals surface area contributed by atoms with Gasteiger partial charge in [-0.2, -0.15) is 0 Å². The molecular weight excluding hydrogens is 318 g/mol. The monoisotopic (exact) mass is 345 g/mol. The highest BCUT2D eigenvalue weighted by Gasteiger charge is 2.35. The largest absolute Gasteiger partial charge is 0.391 e. The summed E-state index contributed by atoms with van der Waals surface area (Å²) in [6, 6.07) is 3.49. The molecule has 7 nitrogen and oxygen atoms in total. The van der Waals surface area contributed by atoms with Crippen LogP contribution >= 0.6 is 0 Å². The summed E-state index contributed by atoms with van der Waals surface area (Å²) in [6.45, 7) is 1.53.